The molecule has 1 rings (SSSR count). The fourth-order valence-corrected chi connectivity index (χ4v) is 0.651. The molecule has 1 aromatic heterocycles. The van der Waals surface area contributed by atoms with Gasteiger partial charge in [-0.25, -0.2) is 4.39 Å². The van der Waals surface area contributed by atoms with Crippen LogP contribution < -0.4 is 5.46 Å². The van der Waals surface area contributed by atoms with Crippen molar-refractivity contribution in [3.63, 3.8) is 0 Å². The molecule has 0 aliphatic rings. The Balaban J connectivity index is 3.14. The molecular weight excluding hydrogens is 161 g/mol. The quantitative estimate of drug-likeness (QED) is 0.449. The number of pyridine rings is 1. The molecule has 0 bridgehead atoms. The smallest absolute Gasteiger partial charge is 0.445 e. The molecule has 0 spiro atoms. The summed E-state index contributed by atoms with van der Waals surface area (Å²) in [4.78, 5) is 3.19. The summed E-state index contributed by atoms with van der Waals surface area (Å²) < 4.78 is 47.8. The molecule has 11 heavy (non-hydrogen) atoms. The van der Waals surface area contributed by atoms with Crippen molar-refractivity contribution in [2.24, 2.45) is 0 Å². The molecule has 1 heterocycles. The first-order chi connectivity index (χ1) is 5.02. The first-order valence-corrected chi connectivity index (χ1v) is 2.81. The van der Waals surface area contributed by atoms with Crippen molar-refractivity contribution in [3.8, 4) is 0 Å². The lowest BCUT2D eigenvalue weighted by Gasteiger charge is -2.14. The molecule has 0 N–H and O–H groups in total. The van der Waals surface area contributed by atoms with E-state index in [1.54, 1.807) is 0 Å². The van der Waals surface area contributed by atoms with E-state index >= 15 is 0 Å². The van der Waals surface area contributed by atoms with Crippen LogP contribution in [0.5, 0.6) is 0 Å². The molecular formula is C5H3BF4N-. The van der Waals surface area contributed by atoms with E-state index < -0.39 is 18.3 Å². The summed E-state index contributed by atoms with van der Waals surface area (Å²) in [5, 5.41) is 0. The van der Waals surface area contributed by atoms with Gasteiger partial charge in [-0.3, -0.25) is 4.98 Å². The van der Waals surface area contributed by atoms with Crippen molar-refractivity contribution in [1.82, 2.24) is 4.98 Å². The van der Waals surface area contributed by atoms with E-state index in [-0.39, 0.29) is 0 Å². The van der Waals surface area contributed by atoms with Crippen LogP contribution in [-0.4, -0.2) is 12.0 Å². The molecule has 0 amide bonds. The zero-order chi connectivity index (χ0) is 8.48. The van der Waals surface area contributed by atoms with E-state index in [9.17, 15) is 17.3 Å². The van der Waals surface area contributed by atoms with Gasteiger partial charge in [0, 0.05) is 6.20 Å². The van der Waals surface area contributed by atoms with E-state index in [0.717, 1.165) is 6.20 Å². The monoisotopic (exact) mass is 164 g/mol. The average Bonchev–Trinajstić information content (AvgIpc) is 1.86. The van der Waals surface area contributed by atoms with Gasteiger partial charge in [0.15, 0.2) is 0 Å². The number of aromatic nitrogens is 1. The lowest BCUT2D eigenvalue weighted by atomic mass is 9.80. The molecule has 0 aromatic carbocycles. The zero-order valence-corrected chi connectivity index (χ0v) is 5.27. The van der Waals surface area contributed by atoms with Gasteiger partial charge < -0.3 is 12.9 Å². The molecule has 0 aliphatic heterocycles. The van der Waals surface area contributed by atoms with E-state index in [1.807, 2.05) is 0 Å². The van der Waals surface area contributed by atoms with Gasteiger partial charge >= 0.3 is 6.98 Å². The van der Waals surface area contributed by atoms with Crippen LogP contribution in [0.2, 0.25) is 0 Å². The van der Waals surface area contributed by atoms with E-state index in [4.69, 9.17) is 0 Å². The van der Waals surface area contributed by atoms with Gasteiger partial charge in [0.2, 0.25) is 0 Å². The standard InChI is InChI=1S/C5H3BF4N/c7-5-3-11-2-1-4(5)6(8,9)10/h1-3H/q-1. The first kappa shape index (κ1) is 8.04. The summed E-state index contributed by atoms with van der Waals surface area (Å²) in [6.07, 6.45) is 1.46. The average molecular weight is 164 g/mol. The van der Waals surface area contributed by atoms with Gasteiger partial charge in [-0.1, -0.05) is 11.5 Å². The van der Waals surface area contributed by atoms with Crippen molar-refractivity contribution >= 4 is 12.4 Å². The highest BCUT2D eigenvalue weighted by molar-refractivity contribution is 6.73. The van der Waals surface area contributed by atoms with Crippen LogP contribution in [0.1, 0.15) is 0 Å². The van der Waals surface area contributed by atoms with Gasteiger partial charge in [-0.15, -0.1) is 0 Å². The third-order valence-electron chi connectivity index (χ3n) is 1.16. The minimum atomic E-state index is -5.24. The number of rotatable bonds is 1. The lowest BCUT2D eigenvalue weighted by molar-refractivity contribution is 0.493. The van der Waals surface area contributed by atoms with Gasteiger partial charge in [0.1, 0.15) is 5.82 Å². The Hall–Kier alpha value is -1.07. The van der Waals surface area contributed by atoms with Crippen LogP contribution in [0.15, 0.2) is 18.5 Å². The Morgan fingerprint density at radius 3 is 2.27 bits per heavy atom. The summed E-state index contributed by atoms with van der Waals surface area (Å²) in [5.41, 5.74) is -1.22. The highest BCUT2D eigenvalue weighted by Crippen LogP contribution is 2.09. The molecule has 60 valence electrons. The third kappa shape index (κ3) is 1.69. The molecule has 0 atom stereocenters. The van der Waals surface area contributed by atoms with Crippen LogP contribution in [0.25, 0.3) is 0 Å². The second kappa shape index (κ2) is 2.52. The Morgan fingerprint density at radius 2 is 1.91 bits per heavy atom. The fourth-order valence-electron chi connectivity index (χ4n) is 0.651. The van der Waals surface area contributed by atoms with Crippen LogP contribution in [0.3, 0.4) is 0 Å². The lowest BCUT2D eigenvalue weighted by Crippen LogP contribution is -2.36. The fraction of sp³-hybridized carbons (Fsp3) is 0. The van der Waals surface area contributed by atoms with Crippen molar-refractivity contribution in [2.75, 3.05) is 0 Å². The van der Waals surface area contributed by atoms with E-state index in [1.165, 1.54) is 0 Å². The maximum absolute atomic E-state index is 12.3. The number of hydrogen-bond acceptors (Lipinski definition) is 1. The number of halogens is 4. The van der Waals surface area contributed by atoms with Crippen LogP contribution in [-0.2, 0) is 0 Å². The maximum atomic E-state index is 12.3. The van der Waals surface area contributed by atoms with Crippen LogP contribution in [0, 0.1) is 5.82 Å². The number of hydrogen-bond donors (Lipinski definition) is 0. The highest BCUT2D eigenvalue weighted by Gasteiger charge is 2.28. The molecule has 0 saturated carbocycles. The van der Waals surface area contributed by atoms with E-state index in [2.05, 4.69) is 4.98 Å². The largest absolute Gasteiger partial charge is 0.512 e. The molecule has 1 nitrogen and oxygen atoms in total. The Labute approximate surface area is 60.1 Å². The topological polar surface area (TPSA) is 12.9 Å². The summed E-state index contributed by atoms with van der Waals surface area (Å²) in [6.45, 7) is -5.24. The van der Waals surface area contributed by atoms with E-state index in [0.29, 0.717) is 12.3 Å². The summed E-state index contributed by atoms with van der Waals surface area (Å²) >= 11 is 0. The van der Waals surface area contributed by atoms with Crippen molar-refractivity contribution in [3.05, 3.63) is 24.3 Å². The third-order valence-corrected chi connectivity index (χ3v) is 1.16. The summed E-state index contributed by atoms with van der Waals surface area (Å²) in [7, 11) is 0. The second-order valence-electron chi connectivity index (χ2n) is 1.97. The predicted octanol–water partition coefficient (Wildman–Crippen LogP) is 1.28. The van der Waals surface area contributed by atoms with Crippen LogP contribution >= 0.6 is 0 Å². The van der Waals surface area contributed by atoms with Crippen molar-refractivity contribution in [1.29, 1.82) is 0 Å². The Morgan fingerprint density at radius 1 is 1.27 bits per heavy atom. The van der Waals surface area contributed by atoms with Gasteiger partial charge in [0.25, 0.3) is 0 Å². The SMILES string of the molecule is Fc1cnccc1[B-](F)(F)F. The second-order valence-corrected chi connectivity index (χ2v) is 1.97. The molecule has 0 aliphatic carbocycles. The molecule has 6 heteroatoms. The Bertz CT molecular complexity index is 259. The highest BCUT2D eigenvalue weighted by atomic mass is 19.4. The van der Waals surface area contributed by atoms with Gasteiger partial charge in [0.05, 0.1) is 6.20 Å². The summed E-state index contributed by atoms with van der Waals surface area (Å²) in [5.74, 6) is -1.32. The number of nitrogens with zero attached hydrogens (tertiary/aromatic N) is 1. The van der Waals surface area contributed by atoms with Crippen LogP contribution in [0.4, 0.5) is 17.3 Å². The minimum Gasteiger partial charge on any atom is -0.445 e. The molecule has 0 unspecified atom stereocenters. The molecule has 0 fully saturated rings. The van der Waals surface area contributed by atoms with Crippen molar-refractivity contribution < 1.29 is 17.3 Å². The van der Waals surface area contributed by atoms with Gasteiger partial charge in [-0.2, -0.15) is 0 Å². The maximum Gasteiger partial charge on any atom is 0.512 e. The van der Waals surface area contributed by atoms with Gasteiger partial charge in [-0.05, 0) is 0 Å². The molecule has 0 radical (unpaired) electrons. The minimum absolute atomic E-state index is 0.546. The normalized spacial score (nSPS) is 11.6. The predicted molar refractivity (Wildman–Crippen MR) is 32.9 cm³/mol. The summed E-state index contributed by atoms with van der Waals surface area (Å²) in [6, 6.07) is 0.620. The zero-order valence-electron chi connectivity index (χ0n) is 5.27. The first-order valence-electron chi connectivity index (χ1n) is 2.81. The molecule has 1 aromatic rings. The Kier molecular flexibility index (Phi) is 1.84. The van der Waals surface area contributed by atoms with Crippen molar-refractivity contribution in [2.45, 2.75) is 0 Å². The molecule has 0 saturated heterocycles.